The third kappa shape index (κ3) is 4.44. The quantitative estimate of drug-likeness (QED) is 0.538. The second-order valence-corrected chi connectivity index (χ2v) is 9.83. The lowest BCUT2D eigenvalue weighted by molar-refractivity contribution is 0.0303. The zero-order valence-electron chi connectivity index (χ0n) is 18.4. The lowest BCUT2D eigenvalue weighted by Gasteiger charge is -2.28. The molecule has 3 aromatic rings. The summed E-state index contributed by atoms with van der Waals surface area (Å²) < 4.78 is 45.0. The van der Waals surface area contributed by atoms with E-state index in [2.05, 4.69) is 0 Å². The van der Waals surface area contributed by atoms with Crippen molar-refractivity contribution in [1.29, 1.82) is 0 Å². The number of hydrogen-bond donors (Lipinski definition) is 0. The number of fused-ring (bicyclic) bond motifs is 1. The second-order valence-electron chi connectivity index (χ2n) is 7.97. The van der Waals surface area contributed by atoms with Crippen LogP contribution in [0.4, 0.5) is 5.69 Å². The minimum Gasteiger partial charge on any atom is -0.454 e. The maximum Gasteiger partial charge on any atom is 0.264 e. The van der Waals surface area contributed by atoms with Gasteiger partial charge in [0.2, 0.25) is 6.79 Å². The molecule has 0 spiro atoms. The molecule has 0 saturated carbocycles. The van der Waals surface area contributed by atoms with Crippen molar-refractivity contribution >= 4 is 21.6 Å². The smallest absolute Gasteiger partial charge is 0.264 e. The van der Waals surface area contributed by atoms with Crippen LogP contribution in [0.3, 0.4) is 0 Å². The second kappa shape index (κ2) is 9.36. The van der Waals surface area contributed by atoms with Crippen LogP contribution in [0, 0.1) is 0 Å². The normalized spacial score (nSPS) is 15.2. The third-order valence-electron chi connectivity index (χ3n) is 5.78. The lowest BCUT2D eigenvalue weighted by atomic mass is 10.1. The Morgan fingerprint density at radius 3 is 2.44 bits per heavy atom. The summed E-state index contributed by atoms with van der Waals surface area (Å²) in [5, 5.41) is 0. The minimum atomic E-state index is -3.99. The van der Waals surface area contributed by atoms with Gasteiger partial charge in [0.15, 0.2) is 11.5 Å². The fourth-order valence-corrected chi connectivity index (χ4v) is 5.43. The molecule has 2 aliphatic rings. The molecule has 0 bridgehead atoms. The highest BCUT2D eigenvalue weighted by Gasteiger charge is 2.29. The minimum absolute atomic E-state index is 0.0538. The number of ether oxygens (including phenoxy) is 3. The topological polar surface area (TPSA) is 85.4 Å². The molecule has 34 heavy (non-hydrogen) atoms. The maximum atomic E-state index is 13.8. The number of carbonyl (C=O) groups is 1. The van der Waals surface area contributed by atoms with Gasteiger partial charge in [-0.1, -0.05) is 36.4 Å². The Balaban J connectivity index is 1.53. The van der Waals surface area contributed by atoms with Gasteiger partial charge in [0.25, 0.3) is 15.9 Å². The van der Waals surface area contributed by atoms with E-state index in [-0.39, 0.29) is 24.1 Å². The van der Waals surface area contributed by atoms with Crippen molar-refractivity contribution in [3.05, 3.63) is 83.9 Å². The van der Waals surface area contributed by atoms with E-state index in [1.54, 1.807) is 35.2 Å². The maximum absolute atomic E-state index is 13.8. The van der Waals surface area contributed by atoms with Crippen LogP contribution in [0.2, 0.25) is 0 Å². The molecule has 9 heteroatoms. The first-order valence-electron chi connectivity index (χ1n) is 11.0. The number of sulfonamides is 1. The van der Waals surface area contributed by atoms with Gasteiger partial charge in [-0.2, -0.15) is 0 Å². The Hall–Kier alpha value is -3.56. The SMILES string of the molecule is O=C(c1cccc(N(Cc2ccccc2)S(=O)(=O)c2ccc3c(c2)OCO3)c1)N1CCOCC1. The van der Waals surface area contributed by atoms with Crippen LogP contribution in [0.5, 0.6) is 11.5 Å². The van der Waals surface area contributed by atoms with E-state index in [1.807, 2.05) is 30.3 Å². The van der Waals surface area contributed by atoms with E-state index in [9.17, 15) is 13.2 Å². The summed E-state index contributed by atoms with van der Waals surface area (Å²) >= 11 is 0. The van der Waals surface area contributed by atoms with E-state index in [4.69, 9.17) is 14.2 Å². The number of morpholine rings is 1. The van der Waals surface area contributed by atoms with Gasteiger partial charge in [-0.25, -0.2) is 8.42 Å². The van der Waals surface area contributed by atoms with Gasteiger partial charge in [-0.05, 0) is 35.9 Å². The van der Waals surface area contributed by atoms with E-state index in [0.717, 1.165) is 5.56 Å². The zero-order chi connectivity index (χ0) is 23.5. The highest BCUT2D eigenvalue weighted by Crippen LogP contribution is 2.36. The van der Waals surface area contributed by atoms with Crippen LogP contribution in [-0.4, -0.2) is 52.3 Å². The highest BCUT2D eigenvalue weighted by atomic mass is 32.2. The molecule has 1 fully saturated rings. The Labute approximate surface area is 198 Å². The van der Waals surface area contributed by atoms with E-state index < -0.39 is 10.0 Å². The van der Waals surface area contributed by atoms with Gasteiger partial charge >= 0.3 is 0 Å². The van der Waals surface area contributed by atoms with Gasteiger partial charge in [0.1, 0.15) is 0 Å². The van der Waals surface area contributed by atoms with Crippen molar-refractivity contribution in [2.75, 3.05) is 37.4 Å². The van der Waals surface area contributed by atoms with Crippen molar-refractivity contribution < 1.29 is 27.4 Å². The molecule has 2 heterocycles. The van der Waals surface area contributed by atoms with Gasteiger partial charge in [-0.3, -0.25) is 9.10 Å². The van der Waals surface area contributed by atoms with E-state index in [1.165, 1.54) is 16.4 Å². The van der Waals surface area contributed by atoms with Gasteiger partial charge in [0.05, 0.1) is 30.3 Å². The van der Waals surface area contributed by atoms with Crippen LogP contribution < -0.4 is 13.8 Å². The Bertz CT molecular complexity index is 1290. The number of rotatable bonds is 6. The molecule has 3 aromatic carbocycles. The molecule has 1 saturated heterocycles. The van der Waals surface area contributed by atoms with Crippen LogP contribution in [0.15, 0.2) is 77.7 Å². The summed E-state index contributed by atoms with van der Waals surface area (Å²) in [6.45, 7) is 2.15. The van der Waals surface area contributed by atoms with Crippen LogP contribution in [0.25, 0.3) is 0 Å². The summed E-state index contributed by atoms with van der Waals surface area (Å²) in [5.41, 5.74) is 1.65. The molecule has 0 N–H and O–H groups in total. The number of carbonyl (C=O) groups excluding carboxylic acids is 1. The monoisotopic (exact) mass is 480 g/mol. The number of anilines is 1. The third-order valence-corrected chi connectivity index (χ3v) is 7.55. The molecule has 176 valence electrons. The van der Waals surface area contributed by atoms with Gasteiger partial charge in [-0.15, -0.1) is 0 Å². The van der Waals surface area contributed by atoms with Crippen molar-refractivity contribution in [2.24, 2.45) is 0 Å². The molecule has 0 aromatic heterocycles. The molecule has 0 radical (unpaired) electrons. The summed E-state index contributed by atoms with van der Waals surface area (Å²) in [4.78, 5) is 14.9. The molecule has 8 nitrogen and oxygen atoms in total. The number of hydrogen-bond acceptors (Lipinski definition) is 6. The molecular formula is C25H24N2O6S. The Morgan fingerprint density at radius 2 is 1.65 bits per heavy atom. The molecule has 0 aliphatic carbocycles. The van der Waals surface area contributed by atoms with Gasteiger partial charge < -0.3 is 19.1 Å². The van der Waals surface area contributed by atoms with Gasteiger partial charge in [0, 0.05) is 24.7 Å². The van der Waals surface area contributed by atoms with E-state index >= 15 is 0 Å². The first-order valence-corrected chi connectivity index (χ1v) is 12.4. The van der Waals surface area contributed by atoms with E-state index in [0.29, 0.717) is 49.1 Å². The van der Waals surface area contributed by atoms with Crippen molar-refractivity contribution in [1.82, 2.24) is 4.90 Å². The van der Waals surface area contributed by atoms with Crippen LogP contribution in [-0.2, 0) is 21.3 Å². The van der Waals surface area contributed by atoms with Crippen molar-refractivity contribution in [2.45, 2.75) is 11.4 Å². The molecule has 1 amide bonds. The van der Waals surface area contributed by atoms with Crippen LogP contribution in [0.1, 0.15) is 15.9 Å². The van der Waals surface area contributed by atoms with Crippen LogP contribution >= 0.6 is 0 Å². The Morgan fingerprint density at radius 1 is 0.882 bits per heavy atom. The van der Waals surface area contributed by atoms with Crippen molar-refractivity contribution in [3.63, 3.8) is 0 Å². The Kier molecular flexibility index (Phi) is 6.12. The zero-order valence-corrected chi connectivity index (χ0v) is 19.2. The predicted molar refractivity (Wildman–Crippen MR) is 126 cm³/mol. The standard InChI is InChI=1S/C25H24N2O6S/c28-25(26-11-13-31-14-12-26)20-7-4-8-21(15-20)27(17-19-5-2-1-3-6-19)34(29,30)22-9-10-23-24(16-22)33-18-32-23/h1-10,15-16H,11-14,17-18H2. The molecular weight excluding hydrogens is 456 g/mol. The summed E-state index contributed by atoms with van der Waals surface area (Å²) in [6, 6.07) is 20.6. The average molecular weight is 481 g/mol. The van der Waals surface area contributed by atoms with Crippen molar-refractivity contribution in [3.8, 4) is 11.5 Å². The molecule has 0 unspecified atom stereocenters. The predicted octanol–water partition coefficient (Wildman–Crippen LogP) is 3.28. The summed E-state index contributed by atoms with van der Waals surface area (Å²) in [6.07, 6.45) is 0. The first kappa shape index (κ1) is 22.2. The lowest BCUT2D eigenvalue weighted by Crippen LogP contribution is -2.40. The fourth-order valence-electron chi connectivity index (χ4n) is 3.97. The number of benzene rings is 3. The summed E-state index contributed by atoms with van der Waals surface area (Å²) in [5.74, 6) is 0.744. The average Bonchev–Trinajstić information content (AvgIpc) is 3.36. The summed E-state index contributed by atoms with van der Waals surface area (Å²) in [7, 11) is -3.99. The highest BCUT2D eigenvalue weighted by molar-refractivity contribution is 7.92. The fraction of sp³-hybridized carbons (Fsp3) is 0.240. The molecule has 5 rings (SSSR count). The first-order chi connectivity index (χ1) is 16.5. The number of amides is 1. The molecule has 2 aliphatic heterocycles. The molecule has 0 atom stereocenters. The largest absolute Gasteiger partial charge is 0.454 e. The number of nitrogens with zero attached hydrogens (tertiary/aromatic N) is 2.